The van der Waals surface area contributed by atoms with Gasteiger partial charge in [-0.2, -0.15) is 9.61 Å². The Kier molecular flexibility index (Phi) is 5.11. The van der Waals surface area contributed by atoms with Crippen LogP contribution in [0.15, 0.2) is 72.9 Å². The molecule has 5 aromatic rings. The molecule has 6 rings (SSSR count). The Morgan fingerprint density at radius 3 is 2.45 bits per heavy atom. The first-order valence-electron chi connectivity index (χ1n) is 11.6. The Hall–Kier alpha value is -3.57. The minimum Gasteiger partial charge on any atom is -0.299 e. The van der Waals surface area contributed by atoms with Gasteiger partial charge in [-0.1, -0.05) is 54.6 Å². The summed E-state index contributed by atoms with van der Waals surface area (Å²) in [5.74, 6) is 0. The number of rotatable bonds is 4. The standard InChI is InChI=1S/C28H26N5/c1-20-16-26-29-18-24-17-25(22-8-4-2-5-9-22)27(30-28(24)33(26)31-20)23-12-10-21(11-13-23)19-32-14-6-3-7-15-32/h2-5,8-13,16-18H,6-7,14-15,19H2,1H3. The summed E-state index contributed by atoms with van der Waals surface area (Å²) < 4.78 is 1.85. The first-order chi connectivity index (χ1) is 16.2. The molecule has 163 valence electrons. The second kappa shape index (κ2) is 8.41. The normalized spacial score (nSPS) is 14.8. The summed E-state index contributed by atoms with van der Waals surface area (Å²) in [6.07, 6.45) is 6.67. The van der Waals surface area contributed by atoms with Gasteiger partial charge in [-0.25, -0.2) is 9.97 Å². The van der Waals surface area contributed by atoms with Gasteiger partial charge in [0.2, 0.25) is 0 Å². The largest absolute Gasteiger partial charge is 0.299 e. The third-order valence-corrected chi connectivity index (χ3v) is 6.40. The van der Waals surface area contributed by atoms with Crippen LogP contribution in [0.4, 0.5) is 0 Å². The molecule has 4 heterocycles. The van der Waals surface area contributed by atoms with Crippen LogP contribution in [0.1, 0.15) is 24.1 Å². The van der Waals surface area contributed by atoms with E-state index in [0.29, 0.717) is 0 Å². The minimum atomic E-state index is 0.819. The van der Waals surface area contributed by atoms with E-state index in [9.17, 15) is 0 Å². The summed E-state index contributed by atoms with van der Waals surface area (Å²) >= 11 is 0. The summed E-state index contributed by atoms with van der Waals surface area (Å²) in [5.41, 5.74) is 8.26. The lowest BCUT2D eigenvalue weighted by Crippen LogP contribution is -2.29. The molecule has 33 heavy (non-hydrogen) atoms. The molecule has 1 fully saturated rings. The molecule has 2 aromatic carbocycles. The van der Waals surface area contributed by atoms with Gasteiger partial charge in [0.1, 0.15) is 0 Å². The Morgan fingerprint density at radius 2 is 1.67 bits per heavy atom. The van der Waals surface area contributed by atoms with E-state index in [-0.39, 0.29) is 0 Å². The zero-order valence-electron chi connectivity index (χ0n) is 18.8. The van der Waals surface area contributed by atoms with E-state index < -0.39 is 0 Å². The fraction of sp³-hybridized carbons (Fsp3) is 0.214. The van der Waals surface area contributed by atoms with Gasteiger partial charge in [0.15, 0.2) is 11.3 Å². The van der Waals surface area contributed by atoms with Crippen molar-refractivity contribution in [3.05, 3.63) is 90.6 Å². The topological polar surface area (TPSA) is 46.3 Å². The van der Waals surface area contributed by atoms with Crippen molar-refractivity contribution in [2.75, 3.05) is 13.1 Å². The average molecular weight is 433 g/mol. The highest BCUT2D eigenvalue weighted by molar-refractivity contribution is 5.90. The zero-order valence-corrected chi connectivity index (χ0v) is 18.8. The highest BCUT2D eigenvalue weighted by Gasteiger charge is 2.15. The Bertz CT molecular complexity index is 1410. The van der Waals surface area contributed by atoms with Gasteiger partial charge >= 0.3 is 0 Å². The van der Waals surface area contributed by atoms with Crippen molar-refractivity contribution in [3.63, 3.8) is 0 Å². The number of pyridine rings is 1. The maximum atomic E-state index is 5.15. The smallest absolute Gasteiger partial charge is 0.165 e. The Morgan fingerprint density at radius 1 is 0.879 bits per heavy atom. The number of benzene rings is 2. The van der Waals surface area contributed by atoms with Crippen molar-refractivity contribution in [1.29, 1.82) is 0 Å². The highest BCUT2D eigenvalue weighted by Crippen LogP contribution is 2.33. The van der Waals surface area contributed by atoms with Crippen LogP contribution >= 0.6 is 0 Å². The molecule has 5 heteroatoms. The van der Waals surface area contributed by atoms with Crippen molar-refractivity contribution in [1.82, 2.24) is 24.5 Å². The van der Waals surface area contributed by atoms with Crippen molar-refractivity contribution in [3.8, 4) is 22.4 Å². The molecular formula is C28H26N5. The summed E-state index contributed by atoms with van der Waals surface area (Å²) in [4.78, 5) is 12.3. The molecule has 0 N–H and O–H groups in total. The van der Waals surface area contributed by atoms with Crippen LogP contribution < -0.4 is 0 Å². The summed E-state index contributed by atoms with van der Waals surface area (Å²) in [5, 5.41) is 5.62. The van der Waals surface area contributed by atoms with Gasteiger partial charge in [-0.05, 0) is 56.5 Å². The first-order valence-corrected chi connectivity index (χ1v) is 11.6. The molecule has 1 aliphatic heterocycles. The molecule has 0 atom stereocenters. The van der Waals surface area contributed by atoms with Gasteiger partial charge < -0.3 is 0 Å². The van der Waals surface area contributed by atoms with Crippen LogP contribution in [0.2, 0.25) is 0 Å². The number of aryl methyl sites for hydroxylation is 1. The van der Waals surface area contributed by atoms with E-state index in [2.05, 4.69) is 76.0 Å². The lowest BCUT2D eigenvalue weighted by Gasteiger charge is -2.26. The van der Waals surface area contributed by atoms with E-state index in [1.165, 1.54) is 18.4 Å². The van der Waals surface area contributed by atoms with Gasteiger partial charge in [0, 0.05) is 35.3 Å². The molecule has 0 unspecified atom stereocenters. The molecule has 1 aliphatic rings. The monoisotopic (exact) mass is 432 g/mol. The van der Waals surface area contributed by atoms with E-state index in [0.717, 1.165) is 64.4 Å². The number of piperidine rings is 1. The maximum Gasteiger partial charge on any atom is 0.165 e. The Balaban J connectivity index is 1.47. The number of hydrogen-bond acceptors (Lipinski definition) is 4. The van der Waals surface area contributed by atoms with Crippen LogP contribution in [0, 0.1) is 13.3 Å². The summed E-state index contributed by atoms with van der Waals surface area (Å²) in [6, 6.07) is 23.5. The van der Waals surface area contributed by atoms with Crippen LogP contribution in [0.25, 0.3) is 39.1 Å². The molecule has 1 radical (unpaired) electrons. The van der Waals surface area contributed by atoms with Crippen molar-refractivity contribution in [2.45, 2.75) is 26.3 Å². The van der Waals surface area contributed by atoms with Gasteiger partial charge in [-0.3, -0.25) is 4.90 Å². The quantitative estimate of drug-likeness (QED) is 0.364. The number of fused-ring (bicyclic) bond motifs is 3. The van der Waals surface area contributed by atoms with Crippen LogP contribution in [0.3, 0.4) is 0 Å². The van der Waals surface area contributed by atoms with Crippen molar-refractivity contribution < 1.29 is 0 Å². The third kappa shape index (κ3) is 3.89. The van der Waals surface area contributed by atoms with Gasteiger partial charge in [-0.15, -0.1) is 0 Å². The summed E-state index contributed by atoms with van der Waals surface area (Å²) in [6.45, 7) is 5.29. The predicted octanol–water partition coefficient (Wildman–Crippen LogP) is 5.72. The number of hydrogen-bond donors (Lipinski definition) is 0. The van der Waals surface area contributed by atoms with Crippen LogP contribution in [0.5, 0.6) is 0 Å². The fourth-order valence-electron chi connectivity index (χ4n) is 4.70. The van der Waals surface area contributed by atoms with E-state index in [4.69, 9.17) is 4.98 Å². The average Bonchev–Trinajstić information content (AvgIpc) is 3.26. The highest BCUT2D eigenvalue weighted by atomic mass is 15.3. The SMILES string of the molecule is Cc1cc2ncc3cc(-c4ccccc4)c(-c4ccc(CN5CC[CH]CC5)cc4)nc3n2n1. The molecule has 0 spiro atoms. The zero-order chi connectivity index (χ0) is 22.2. The Labute approximate surface area is 193 Å². The molecule has 0 saturated carbocycles. The number of nitrogens with zero attached hydrogens (tertiary/aromatic N) is 5. The first kappa shape index (κ1) is 20.1. The second-order valence-electron chi connectivity index (χ2n) is 8.82. The van der Waals surface area contributed by atoms with Crippen molar-refractivity contribution in [2.24, 2.45) is 0 Å². The lowest BCUT2D eigenvalue weighted by atomic mass is 9.97. The van der Waals surface area contributed by atoms with E-state index in [1.54, 1.807) is 0 Å². The summed E-state index contributed by atoms with van der Waals surface area (Å²) in [7, 11) is 0. The number of aromatic nitrogens is 4. The van der Waals surface area contributed by atoms with Crippen LogP contribution in [-0.2, 0) is 6.54 Å². The minimum absolute atomic E-state index is 0.819. The van der Waals surface area contributed by atoms with Crippen LogP contribution in [-0.4, -0.2) is 37.6 Å². The third-order valence-electron chi connectivity index (χ3n) is 6.40. The molecule has 1 saturated heterocycles. The molecule has 0 amide bonds. The number of likely N-dealkylation sites (tertiary alicyclic amines) is 1. The lowest BCUT2D eigenvalue weighted by molar-refractivity contribution is 0.246. The molecule has 5 nitrogen and oxygen atoms in total. The molecule has 0 aliphatic carbocycles. The van der Waals surface area contributed by atoms with E-state index >= 15 is 0 Å². The molecule has 3 aromatic heterocycles. The molecule has 0 bridgehead atoms. The predicted molar refractivity (Wildman–Crippen MR) is 133 cm³/mol. The van der Waals surface area contributed by atoms with Crippen molar-refractivity contribution >= 4 is 16.7 Å². The van der Waals surface area contributed by atoms with Gasteiger partial charge in [0.05, 0.1) is 11.4 Å². The van der Waals surface area contributed by atoms with Gasteiger partial charge in [0.25, 0.3) is 0 Å². The fourth-order valence-corrected chi connectivity index (χ4v) is 4.70. The second-order valence-corrected chi connectivity index (χ2v) is 8.82. The maximum absolute atomic E-state index is 5.15. The molecular weight excluding hydrogens is 406 g/mol. The van der Waals surface area contributed by atoms with E-state index in [1.807, 2.05) is 29.8 Å².